The quantitative estimate of drug-likeness (QED) is 0.936. The van der Waals surface area contributed by atoms with E-state index < -0.39 is 5.82 Å². The summed E-state index contributed by atoms with van der Waals surface area (Å²) in [5.74, 6) is 0.405. The molecule has 2 aromatic rings. The van der Waals surface area contributed by atoms with Gasteiger partial charge in [0.15, 0.2) is 11.6 Å². The number of halogens is 1. The number of rotatable bonds is 4. The Morgan fingerprint density at radius 3 is 3.14 bits per heavy atom. The average molecular weight is 289 g/mol. The predicted molar refractivity (Wildman–Crippen MR) is 75.1 cm³/mol. The lowest BCUT2D eigenvalue weighted by molar-refractivity contribution is -0.122. The molecule has 3 rings (SSSR count). The van der Waals surface area contributed by atoms with Crippen LogP contribution in [0.3, 0.4) is 0 Å². The van der Waals surface area contributed by atoms with E-state index in [-0.39, 0.29) is 17.8 Å². The van der Waals surface area contributed by atoms with Gasteiger partial charge in [-0.05, 0) is 37.1 Å². The fraction of sp³-hybridized carbons (Fsp3) is 0.333. The molecule has 0 unspecified atom stereocenters. The number of amides is 1. The minimum atomic E-state index is -0.400. The molecule has 0 radical (unpaired) electrons. The minimum Gasteiger partial charge on any atom is -0.467 e. The Labute approximate surface area is 121 Å². The third kappa shape index (κ3) is 2.89. The van der Waals surface area contributed by atoms with Gasteiger partial charge in [-0.1, -0.05) is 0 Å². The molecular weight excluding hydrogens is 273 g/mol. The summed E-state index contributed by atoms with van der Waals surface area (Å²) < 4.78 is 19.0. The summed E-state index contributed by atoms with van der Waals surface area (Å²) >= 11 is 0. The zero-order valence-electron chi connectivity index (χ0n) is 11.5. The maximum atomic E-state index is 13.8. The molecule has 1 N–H and O–H groups in total. The first-order valence-corrected chi connectivity index (χ1v) is 6.93. The number of carbonyl (C=O) groups excluding carboxylic acids is 1. The molecule has 0 aromatic carbocycles. The molecule has 0 aliphatic carbocycles. The van der Waals surface area contributed by atoms with E-state index in [4.69, 9.17) is 4.42 Å². The fourth-order valence-electron chi connectivity index (χ4n) is 2.59. The molecular formula is C15H16FN3O2. The Morgan fingerprint density at radius 2 is 2.38 bits per heavy atom. The van der Waals surface area contributed by atoms with Gasteiger partial charge in [-0.25, -0.2) is 9.37 Å². The van der Waals surface area contributed by atoms with E-state index in [1.807, 2.05) is 0 Å². The van der Waals surface area contributed by atoms with Crippen LogP contribution in [-0.2, 0) is 11.3 Å². The lowest BCUT2D eigenvalue weighted by Crippen LogP contribution is -2.43. The van der Waals surface area contributed by atoms with Crippen LogP contribution in [0.25, 0.3) is 0 Å². The van der Waals surface area contributed by atoms with Crippen molar-refractivity contribution in [1.29, 1.82) is 0 Å². The van der Waals surface area contributed by atoms with Gasteiger partial charge in [0, 0.05) is 12.7 Å². The van der Waals surface area contributed by atoms with Crippen LogP contribution in [0, 0.1) is 5.82 Å². The third-order valence-corrected chi connectivity index (χ3v) is 3.58. The summed E-state index contributed by atoms with van der Waals surface area (Å²) in [7, 11) is 0. The molecule has 0 saturated carbocycles. The van der Waals surface area contributed by atoms with Crippen molar-refractivity contribution in [2.75, 3.05) is 11.4 Å². The van der Waals surface area contributed by atoms with Crippen molar-refractivity contribution in [3.8, 4) is 0 Å². The van der Waals surface area contributed by atoms with Crippen molar-refractivity contribution < 1.29 is 13.6 Å². The molecule has 1 atom stereocenters. The summed E-state index contributed by atoms with van der Waals surface area (Å²) in [6.45, 7) is 0.966. The predicted octanol–water partition coefficient (Wildman–Crippen LogP) is 2.10. The van der Waals surface area contributed by atoms with Gasteiger partial charge in [-0.2, -0.15) is 0 Å². The van der Waals surface area contributed by atoms with Crippen LogP contribution in [-0.4, -0.2) is 23.5 Å². The number of anilines is 1. The number of nitrogens with zero attached hydrogens (tertiary/aromatic N) is 2. The zero-order chi connectivity index (χ0) is 14.7. The Balaban J connectivity index is 1.69. The summed E-state index contributed by atoms with van der Waals surface area (Å²) in [5.41, 5.74) is 0. The average Bonchev–Trinajstić information content (AvgIpc) is 3.16. The number of nitrogens with one attached hydrogen (secondary N) is 1. The SMILES string of the molecule is O=C(NCc1ccco1)[C@@H]1CCCN1c1ncccc1F. The molecule has 0 spiro atoms. The van der Waals surface area contributed by atoms with Crippen LogP contribution in [0.15, 0.2) is 41.1 Å². The number of hydrogen-bond donors (Lipinski definition) is 1. The topological polar surface area (TPSA) is 58.4 Å². The first-order valence-electron chi connectivity index (χ1n) is 6.93. The van der Waals surface area contributed by atoms with Crippen molar-refractivity contribution in [2.45, 2.75) is 25.4 Å². The number of aromatic nitrogens is 1. The van der Waals surface area contributed by atoms with E-state index in [0.717, 1.165) is 6.42 Å². The third-order valence-electron chi connectivity index (χ3n) is 3.58. The molecule has 1 amide bonds. The molecule has 1 aliphatic heterocycles. The van der Waals surface area contributed by atoms with Gasteiger partial charge in [0.1, 0.15) is 11.8 Å². The Kier molecular flexibility index (Phi) is 3.85. The Bertz CT molecular complexity index is 615. The van der Waals surface area contributed by atoms with Crippen molar-refractivity contribution in [3.63, 3.8) is 0 Å². The molecule has 110 valence electrons. The fourth-order valence-corrected chi connectivity index (χ4v) is 2.59. The second-order valence-electron chi connectivity index (χ2n) is 4.96. The van der Waals surface area contributed by atoms with Crippen molar-refractivity contribution in [2.24, 2.45) is 0 Å². The standard InChI is InChI=1S/C15H16FN3O2/c16-12-5-1-7-17-14(12)19-8-2-6-13(19)15(20)18-10-11-4-3-9-21-11/h1,3-5,7,9,13H,2,6,8,10H2,(H,18,20)/t13-/m0/s1. The highest BCUT2D eigenvalue weighted by molar-refractivity contribution is 5.85. The first-order chi connectivity index (χ1) is 10.3. The highest BCUT2D eigenvalue weighted by Crippen LogP contribution is 2.25. The maximum Gasteiger partial charge on any atom is 0.243 e. The Hall–Kier alpha value is -2.37. The van der Waals surface area contributed by atoms with E-state index in [1.54, 1.807) is 29.4 Å². The summed E-state index contributed by atoms with van der Waals surface area (Å²) in [5, 5.41) is 2.82. The molecule has 21 heavy (non-hydrogen) atoms. The van der Waals surface area contributed by atoms with E-state index >= 15 is 0 Å². The Morgan fingerprint density at radius 1 is 1.48 bits per heavy atom. The van der Waals surface area contributed by atoms with Crippen LogP contribution >= 0.6 is 0 Å². The van der Waals surface area contributed by atoms with Crippen LogP contribution in [0.2, 0.25) is 0 Å². The molecule has 2 aromatic heterocycles. The lowest BCUT2D eigenvalue weighted by Gasteiger charge is -2.24. The summed E-state index contributed by atoms with van der Waals surface area (Å²) in [4.78, 5) is 18.1. The summed E-state index contributed by atoms with van der Waals surface area (Å²) in [6, 6.07) is 6.08. The van der Waals surface area contributed by atoms with Crippen molar-refractivity contribution in [3.05, 3.63) is 48.3 Å². The molecule has 1 fully saturated rings. The van der Waals surface area contributed by atoms with Crippen LogP contribution < -0.4 is 10.2 Å². The van der Waals surface area contributed by atoms with Gasteiger partial charge in [0.25, 0.3) is 0 Å². The van der Waals surface area contributed by atoms with Crippen LogP contribution in [0.5, 0.6) is 0 Å². The summed E-state index contributed by atoms with van der Waals surface area (Å²) in [6.07, 6.45) is 4.63. The van der Waals surface area contributed by atoms with E-state index in [9.17, 15) is 9.18 Å². The monoisotopic (exact) mass is 289 g/mol. The highest BCUT2D eigenvalue weighted by atomic mass is 19.1. The maximum absolute atomic E-state index is 13.8. The largest absolute Gasteiger partial charge is 0.467 e. The first kappa shape index (κ1) is 13.6. The second-order valence-corrected chi connectivity index (χ2v) is 4.96. The van der Waals surface area contributed by atoms with Gasteiger partial charge in [0.2, 0.25) is 5.91 Å². The van der Waals surface area contributed by atoms with Crippen molar-refractivity contribution in [1.82, 2.24) is 10.3 Å². The molecule has 1 saturated heterocycles. The van der Waals surface area contributed by atoms with Gasteiger partial charge in [0.05, 0.1) is 12.8 Å². The molecule has 3 heterocycles. The number of pyridine rings is 1. The van der Waals surface area contributed by atoms with Gasteiger partial charge >= 0.3 is 0 Å². The minimum absolute atomic E-state index is 0.131. The normalized spacial score (nSPS) is 18.0. The van der Waals surface area contributed by atoms with Crippen LogP contribution in [0.1, 0.15) is 18.6 Å². The van der Waals surface area contributed by atoms with Crippen LogP contribution in [0.4, 0.5) is 10.2 Å². The molecule has 0 bridgehead atoms. The smallest absolute Gasteiger partial charge is 0.243 e. The molecule has 6 heteroatoms. The van der Waals surface area contributed by atoms with E-state index in [1.165, 1.54) is 12.3 Å². The molecule has 5 nitrogen and oxygen atoms in total. The number of hydrogen-bond acceptors (Lipinski definition) is 4. The number of furan rings is 1. The second kappa shape index (κ2) is 5.95. The van der Waals surface area contributed by atoms with Crippen molar-refractivity contribution >= 4 is 11.7 Å². The zero-order valence-corrected chi connectivity index (χ0v) is 11.5. The lowest BCUT2D eigenvalue weighted by atomic mass is 10.2. The highest BCUT2D eigenvalue weighted by Gasteiger charge is 2.32. The van der Waals surface area contributed by atoms with Gasteiger partial charge in [-0.15, -0.1) is 0 Å². The number of carbonyl (C=O) groups is 1. The van der Waals surface area contributed by atoms with E-state index in [0.29, 0.717) is 25.3 Å². The van der Waals surface area contributed by atoms with Gasteiger partial charge in [-0.3, -0.25) is 4.79 Å². The van der Waals surface area contributed by atoms with Gasteiger partial charge < -0.3 is 14.6 Å². The van der Waals surface area contributed by atoms with E-state index in [2.05, 4.69) is 10.3 Å². The molecule has 1 aliphatic rings.